The monoisotopic (exact) mass is 262 g/mol. The first-order chi connectivity index (χ1) is 9.28. The second-order valence-electron chi connectivity index (χ2n) is 4.86. The summed E-state index contributed by atoms with van der Waals surface area (Å²) in [6.45, 7) is 4.19. The van der Waals surface area contributed by atoms with Gasteiger partial charge in [0.2, 0.25) is 5.91 Å². The van der Waals surface area contributed by atoms with Crippen molar-refractivity contribution in [3.8, 4) is 0 Å². The van der Waals surface area contributed by atoms with Gasteiger partial charge < -0.3 is 15.4 Å². The summed E-state index contributed by atoms with van der Waals surface area (Å²) in [5.41, 5.74) is 2.07. The van der Waals surface area contributed by atoms with E-state index in [9.17, 15) is 4.79 Å². The molecule has 0 radical (unpaired) electrons. The smallest absolute Gasteiger partial charge is 0.250 e. The van der Waals surface area contributed by atoms with Crippen molar-refractivity contribution in [3.05, 3.63) is 29.8 Å². The molecule has 104 valence electrons. The van der Waals surface area contributed by atoms with Crippen molar-refractivity contribution in [2.45, 2.75) is 32.3 Å². The number of hydrogen-bond donors (Lipinski definition) is 2. The fourth-order valence-electron chi connectivity index (χ4n) is 2.22. The van der Waals surface area contributed by atoms with Crippen LogP contribution in [0.4, 0.5) is 5.69 Å². The van der Waals surface area contributed by atoms with Gasteiger partial charge in [-0.3, -0.25) is 4.79 Å². The Kier molecular flexibility index (Phi) is 5.36. The van der Waals surface area contributed by atoms with Crippen molar-refractivity contribution in [2.24, 2.45) is 0 Å². The van der Waals surface area contributed by atoms with E-state index in [4.69, 9.17) is 4.74 Å². The van der Waals surface area contributed by atoms with Crippen LogP contribution in [0, 0.1) is 0 Å². The summed E-state index contributed by atoms with van der Waals surface area (Å²) >= 11 is 0. The molecule has 1 fully saturated rings. The highest BCUT2D eigenvalue weighted by atomic mass is 16.5. The molecule has 1 aromatic rings. The Hall–Kier alpha value is -1.39. The van der Waals surface area contributed by atoms with Crippen LogP contribution in [-0.2, 0) is 16.0 Å². The second kappa shape index (κ2) is 7.26. The summed E-state index contributed by atoms with van der Waals surface area (Å²) < 4.78 is 5.62. The van der Waals surface area contributed by atoms with Gasteiger partial charge in [-0.15, -0.1) is 0 Å². The van der Waals surface area contributed by atoms with Gasteiger partial charge in [-0.1, -0.05) is 19.1 Å². The summed E-state index contributed by atoms with van der Waals surface area (Å²) in [6, 6.07) is 7.92. The van der Waals surface area contributed by atoms with Crippen molar-refractivity contribution in [2.75, 3.05) is 25.0 Å². The zero-order valence-electron chi connectivity index (χ0n) is 11.4. The zero-order valence-corrected chi connectivity index (χ0v) is 11.4. The van der Waals surface area contributed by atoms with Gasteiger partial charge in [0.05, 0.1) is 6.10 Å². The predicted molar refractivity (Wildman–Crippen MR) is 76.3 cm³/mol. The molecule has 0 atom stereocenters. The standard InChI is InChI=1S/C15H22N2O2/c1-2-12-4-3-5-13(10-12)17-15(18)11-19-14-6-8-16-9-7-14/h3-5,10,14,16H,2,6-9,11H2,1H3,(H,17,18). The molecule has 0 bridgehead atoms. The normalized spacial score (nSPS) is 16.3. The van der Waals surface area contributed by atoms with Gasteiger partial charge in [-0.2, -0.15) is 0 Å². The number of carbonyl (C=O) groups excluding carboxylic acids is 1. The van der Waals surface area contributed by atoms with Crippen LogP contribution in [-0.4, -0.2) is 31.7 Å². The minimum atomic E-state index is -0.0771. The van der Waals surface area contributed by atoms with Crippen molar-refractivity contribution in [1.82, 2.24) is 5.32 Å². The molecule has 2 rings (SSSR count). The third-order valence-corrected chi connectivity index (χ3v) is 3.36. The SMILES string of the molecule is CCc1cccc(NC(=O)COC2CCNCC2)c1. The molecule has 1 heterocycles. The van der Waals surface area contributed by atoms with Crippen LogP contribution in [0.5, 0.6) is 0 Å². The lowest BCUT2D eigenvalue weighted by atomic mass is 10.1. The van der Waals surface area contributed by atoms with E-state index in [1.54, 1.807) is 0 Å². The van der Waals surface area contributed by atoms with Crippen LogP contribution in [0.25, 0.3) is 0 Å². The van der Waals surface area contributed by atoms with Gasteiger partial charge in [0.1, 0.15) is 6.61 Å². The number of hydrogen-bond acceptors (Lipinski definition) is 3. The average Bonchev–Trinajstić information content (AvgIpc) is 2.46. The first-order valence-electron chi connectivity index (χ1n) is 6.99. The molecule has 19 heavy (non-hydrogen) atoms. The highest BCUT2D eigenvalue weighted by molar-refractivity contribution is 5.91. The summed E-state index contributed by atoms with van der Waals surface area (Å²) in [5.74, 6) is -0.0771. The van der Waals surface area contributed by atoms with Crippen LogP contribution in [0.2, 0.25) is 0 Å². The molecule has 0 spiro atoms. The minimum absolute atomic E-state index is 0.0771. The van der Waals surface area contributed by atoms with E-state index < -0.39 is 0 Å². The number of ether oxygens (including phenoxy) is 1. The summed E-state index contributed by atoms with van der Waals surface area (Å²) in [7, 11) is 0. The average molecular weight is 262 g/mol. The Bertz CT molecular complexity index is 414. The molecule has 1 aliphatic heterocycles. The van der Waals surface area contributed by atoms with Gasteiger partial charge in [-0.05, 0) is 50.0 Å². The lowest BCUT2D eigenvalue weighted by Crippen LogP contribution is -2.34. The van der Waals surface area contributed by atoms with Crippen LogP contribution >= 0.6 is 0 Å². The van der Waals surface area contributed by atoms with E-state index in [1.807, 2.05) is 18.2 Å². The molecule has 1 aliphatic rings. The molecular formula is C15H22N2O2. The van der Waals surface area contributed by atoms with Crippen molar-refractivity contribution >= 4 is 11.6 Å². The van der Waals surface area contributed by atoms with Gasteiger partial charge in [0.15, 0.2) is 0 Å². The quantitative estimate of drug-likeness (QED) is 0.853. The van der Waals surface area contributed by atoms with Gasteiger partial charge in [0, 0.05) is 5.69 Å². The summed E-state index contributed by atoms with van der Waals surface area (Å²) in [5, 5.41) is 6.15. The molecule has 1 amide bonds. The molecule has 0 aliphatic carbocycles. The number of rotatable bonds is 5. The van der Waals surface area contributed by atoms with E-state index in [1.165, 1.54) is 5.56 Å². The van der Waals surface area contributed by atoms with Gasteiger partial charge in [0.25, 0.3) is 0 Å². The van der Waals surface area contributed by atoms with E-state index in [0.29, 0.717) is 0 Å². The number of carbonyl (C=O) groups is 1. The first kappa shape index (κ1) is 14.0. The topological polar surface area (TPSA) is 50.4 Å². The number of anilines is 1. The zero-order chi connectivity index (χ0) is 13.5. The Morgan fingerprint density at radius 2 is 2.21 bits per heavy atom. The van der Waals surface area contributed by atoms with Crippen LogP contribution in [0.3, 0.4) is 0 Å². The maximum atomic E-state index is 11.8. The summed E-state index contributed by atoms with van der Waals surface area (Å²) in [4.78, 5) is 11.8. The number of nitrogens with one attached hydrogen (secondary N) is 2. The lowest BCUT2D eigenvalue weighted by Gasteiger charge is -2.22. The second-order valence-corrected chi connectivity index (χ2v) is 4.86. The van der Waals surface area contributed by atoms with Gasteiger partial charge in [-0.25, -0.2) is 0 Å². The number of benzene rings is 1. The molecule has 1 saturated heterocycles. The Labute approximate surface area is 114 Å². The highest BCUT2D eigenvalue weighted by Gasteiger charge is 2.14. The van der Waals surface area contributed by atoms with Crippen LogP contribution < -0.4 is 10.6 Å². The van der Waals surface area contributed by atoms with E-state index >= 15 is 0 Å². The number of aryl methyl sites for hydroxylation is 1. The lowest BCUT2D eigenvalue weighted by molar-refractivity contribution is -0.123. The van der Waals surface area contributed by atoms with E-state index in [2.05, 4.69) is 23.6 Å². The van der Waals surface area contributed by atoms with Crippen molar-refractivity contribution in [3.63, 3.8) is 0 Å². The van der Waals surface area contributed by atoms with Crippen LogP contribution in [0.1, 0.15) is 25.3 Å². The molecule has 1 aromatic carbocycles. The largest absolute Gasteiger partial charge is 0.368 e. The number of piperidine rings is 1. The Balaban J connectivity index is 1.76. The fraction of sp³-hybridized carbons (Fsp3) is 0.533. The predicted octanol–water partition coefficient (Wildman–Crippen LogP) is 1.96. The Morgan fingerprint density at radius 3 is 2.95 bits per heavy atom. The molecule has 0 aromatic heterocycles. The van der Waals surface area contributed by atoms with Gasteiger partial charge >= 0.3 is 0 Å². The van der Waals surface area contributed by atoms with E-state index in [0.717, 1.165) is 38.0 Å². The number of amides is 1. The third-order valence-electron chi connectivity index (χ3n) is 3.36. The highest BCUT2D eigenvalue weighted by Crippen LogP contribution is 2.11. The maximum Gasteiger partial charge on any atom is 0.250 e. The molecule has 0 saturated carbocycles. The molecule has 4 heteroatoms. The van der Waals surface area contributed by atoms with Crippen LogP contribution in [0.15, 0.2) is 24.3 Å². The van der Waals surface area contributed by atoms with E-state index in [-0.39, 0.29) is 18.6 Å². The molecule has 2 N–H and O–H groups in total. The molecule has 4 nitrogen and oxygen atoms in total. The molecule has 0 unspecified atom stereocenters. The third kappa shape index (κ3) is 4.65. The maximum absolute atomic E-state index is 11.8. The Morgan fingerprint density at radius 1 is 1.42 bits per heavy atom. The first-order valence-corrected chi connectivity index (χ1v) is 6.99. The fourth-order valence-corrected chi connectivity index (χ4v) is 2.22. The summed E-state index contributed by atoms with van der Waals surface area (Å²) in [6.07, 6.45) is 3.15. The van der Waals surface area contributed by atoms with Crippen molar-refractivity contribution in [1.29, 1.82) is 0 Å². The minimum Gasteiger partial charge on any atom is -0.368 e. The molecular weight excluding hydrogens is 240 g/mol. The van der Waals surface area contributed by atoms with Crippen molar-refractivity contribution < 1.29 is 9.53 Å².